The Labute approximate surface area is 103 Å². The molecular formula is C12H24N2O3. The second-order valence-corrected chi connectivity index (χ2v) is 4.83. The van der Waals surface area contributed by atoms with Crippen LogP contribution in [0.4, 0.5) is 0 Å². The quantitative estimate of drug-likeness (QED) is 0.736. The minimum absolute atomic E-state index is 0.180. The smallest absolute Gasteiger partial charge is 0.0971 e. The van der Waals surface area contributed by atoms with Crippen LogP contribution in [0.15, 0.2) is 0 Å². The van der Waals surface area contributed by atoms with Crippen molar-refractivity contribution >= 4 is 0 Å². The summed E-state index contributed by atoms with van der Waals surface area (Å²) in [4.78, 5) is 2.43. The third-order valence-corrected chi connectivity index (χ3v) is 4.02. The average molecular weight is 244 g/mol. The maximum absolute atomic E-state index is 5.60. The Morgan fingerprint density at radius 2 is 1.82 bits per heavy atom. The number of likely N-dealkylation sites (tertiary alicyclic amines) is 1. The molecular weight excluding hydrogens is 220 g/mol. The van der Waals surface area contributed by atoms with Crippen molar-refractivity contribution in [3.05, 3.63) is 0 Å². The van der Waals surface area contributed by atoms with Crippen LogP contribution in [-0.2, 0) is 14.2 Å². The van der Waals surface area contributed by atoms with E-state index >= 15 is 0 Å². The zero-order valence-corrected chi connectivity index (χ0v) is 11.0. The van der Waals surface area contributed by atoms with Crippen LogP contribution in [0.25, 0.3) is 0 Å². The first-order valence-electron chi connectivity index (χ1n) is 6.34. The summed E-state index contributed by atoms with van der Waals surface area (Å²) in [6, 6.07) is 0.948. The van der Waals surface area contributed by atoms with Gasteiger partial charge in [0.2, 0.25) is 0 Å². The molecule has 0 radical (unpaired) electrons. The summed E-state index contributed by atoms with van der Waals surface area (Å²) in [6.45, 7) is 3.53. The van der Waals surface area contributed by atoms with Crippen molar-refractivity contribution in [2.24, 2.45) is 0 Å². The van der Waals surface area contributed by atoms with Gasteiger partial charge in [0.15, 0.2) is 0 Å². The Hall–Kier alpha value is -0.200. The van der Waals surface area contributed by atoms with Crippen molar-refractivity contribution in [3.63, 3.8) is 0 Å². The number of hydrogen-bond donors (Lipinski definition) is 1. The van der Waals surface area contributed by atoms with Crippen molar-refractivity contribution in [1.82, 2.24) is 10.2 Å². The highest BCUT2D eigenvalue weighted by atomic mass is 16.5. The Balaban J connectivity index is 1.97. The van der Waals surface area contributed by atoms with E-state index in [0.29, 0.717) is 12.1 Å². The van der Waals surface area contributed by atoms with Gasteiger partial charge in [-0.1, -0.05) is 0 Å². The highest BCUT2D eigenvalue weighted by Crippen LogP contribution is 2.22. The lowest BCUT2D eigenvalue weighted by atomic mass is 10.0. The predicted octanol–water partition coefficient (Wildman–Crippen LogP) is -0.291. The van der Waals surface area contributed by atoms with Gasteiger partial charge in [-0.15, -0.1) is 0 Å². The fourth-order valence-electron chi connectivity index (χ4n) is 2.91. The number of likely N-dealkylation sites (N-methyl/N-ethyl adjacent to an activating group) is 1. The van der Waals surface area contributed by atoms with Gasteiger partial charge in [0.1, 0.15) is 0 Å². The standard InChI is InChI=1S/C12H24N2O3/c1-13-9-4-5-17-8-10(9)14-6-11(15-2)12(7-14)16-3/h9-13H,4-8H2,1-3H3. The van der Waals surface area contributed by atoms with E-state index in [1.165, 1.54) is 0 Å². The van der Waals surface area contributed by atoms with E-state index < -0.39 is 0 Å². The fraction of sp³-hybridized carbons (Fsp3) is 1.00. The first-order valence-corrected chi connectivity index (χ1v) is 6.34. The molecule has 2 fully saturated rings. The number of nitrogens with one attached hydrogen (secondary N) is 1. The highest BCUT2D eigenvalue weighted by Gasteiger charge is 2.39. The summed E-state index contributed by atoms with van der Waals surface area (Å²) in [7, 11) is 5.54. The lowest BCUT2D eigenvalue weighted by molar-refractivity contribution is -0.00461. The highest BCUT2D eigenvalue weighted by molar-refractivity contribution is 4.94. The molecule has 2 aliphatic heterocycles. The van der Waals surface area contributed by atoms with E-state index in [4.69, 9.17) is 14.2 Å². The van der Waals surface area contributed by atoms with Crippen LogP contribution in [0.5, 0.6) is 0 Å². The molecule has 5 nitrogen and oxygen atoms in total. The number of methoxy groups -OCH3 is 2. The Morgan fingerprint density at radius 1 is 1.18 bits per heavy atom. The summed E-state index contributed by atoms with van der Waals surface area (Å²) >= 11 is 0. The van der Waals surface area contributed by atoms with Crippen molar-refractivity contribution in [3.8, 4) is 0 Å². The van der Waals surface area contributed by atoms with Gasteiger partial charge in [-0.25, -0.2) is 0 Å². The molecule has 4 unspecified atom stereocenters. The molecule has 0 aromatic heterocycles. The van der Waals surface area contributed by atoms with Crippen molar-refractivity contribution in [1.29, 1.82) is 0 Å². The summed E-state index contributed by atoms with van der Waals surface area (Å²) < 4.78 is 16.6. The Kier molecular flexibility index (Phi) is 4.76. The molecule has 2 heterocycles. The molecule has 0 spiro atoms. The maximum Gasteiger partial charge on any atom is 0.0971 e. The van der Waals surface area contributed by atoms with Crippen LogP contribution >= 0.6 is 0 Å². The molecule has 2 aliphatic rings. The molecule has 0 aromatic carbocycles. The number of rotatable bonds is 4. The first kappa shape index (κ1) is 13.2. The van der Waals surface area contributed by atoms with E-state index in [9.17, 15) is 0 Å². The topological polar surface area (TPSA) is 43.0 Å². The van der Waals surface area contributed by atoms with E-state index in [2.05, 4.69) is 10.2 Å². The van der Waals surface area contributed by atoms with Gasteiger partial charge in [-0.3, -0.25) is 4.90 Å². The van der Waals surface area contributed by atoms with E-state index in [0.717, 1.165) is 32.7 Å². The zero-order valence-electron chi connectivity index (χ0n) is 11.0. The first-order chi connectivity index (χ1) is 8.30. The van der Waals surface area contributed by atoms with Gasteiger partial charge in [0.05, 0.1) is 18.8 Å². The molecule has 2 saturated heterocycles. The van der Waals surface area contributed by atoms with Crippen molar-refractivity contribution in [2.45, 2.75) is 30.7 Å². The normalized spacial score (nSPS) is 39.7. The van der Waals surface area contributed by atoms with Crippen molar-refractivity contribution < 1.29 is 14.2 Å². The number of hydrogen-bond acceptors (Lipinski definition) is 5. The van der Waals surface area contributed by atoms with Crippen LogP contribution in [0.3, 0.4) is 0 Å². The fourth-order valence-corrected chi connectivity index (χ4v) is 2.91. The lowest BCUT2D eigenvalue weighted by Gasteiger charge is -2.37. The van der Waals surface area contributed by atoms with Crippen LogP contribution in [-0.4, -0.2) is 76.8 Å². The second kappa shape index (κ2) is 6.11. The Bertz CT molecular complexity index is 228. The van der Waals surface area contributed by atoms with E-state index in [1.54, 1.807) is 14.2 Å². The molecule has 0 aromatic rings. The third kappa shape index (κ3) is 2.80. The summed E-state index contributed by atoms with van der Waals surface area (Å²) in [5.74, 6) is 0. The average Bonchev–Trinajstić information content (AvgIpc) is 2.81. The lowest BCUT2D eigenvalue weighted by Crippen LogP contribution is -2.54. The molecule has 1 N–H and O–H groups in total. The minimum atomic E-state index is 0.180. The maximum atomic E-state index is 5.60. The molecule has 0 aliphatic carbocycles. The number of nitrogens with zero attached hydrogens (tertiary/aromatic N) is 1. The zero-order chi connectivity index (χ0) is 12.3. The van der Waals surface area contributed by atoms with Crippen LogP contribution in [0.1, 0.15) is 6.42 Å². The Morgan fingerprint density at radius 3 is 2.35 bits per heavy atom. The van der Waals surface area contributed by atoms with Gasteiger partial charge in [-0.2, -0.15) is 0 Å². The largest absolute Gasteiger partial charge is 0.380 e. The molecule has 0 amide bonds. The molecule has 0 saturated carbocycles. The SMILES string of the molecule is CNC1CCOCC1N1CC(OC)C(OC)C1. The molecule has 2 rings (SSSR count). The predicted molar refractivity (Wildman–Crippen MR) is 65.2 cm³/mol. The van der Waals surface area contributed by atoms with E-state index in [-0.39, 0.29) is 12.2 Å². The monoisotopic (exact) mass is 244 g/mol. The molecule has 0 bridgehead atoms. The van der Waals surface area contributed by atoms with Gasteiger partial charge >= 0.3 is 0 Å². The van der Waals surface area contributed by atoms with Gasteiger partial charge < -0.3 is 19.5 Å². The van der Waals surface area contributed by atoms with Crippen LogP contribution in [0.2, 0.25) is 0 Å². The van der Waals surface area contributed by atoms with Crippen LogP contribution < -0.4 is 5.32 Å². The second-order valence-electron chi connectivity index (χ2n) is 4.83. The summed E-state index contributed by atoms with van der Waals surface area (Å²) in [6.07, 6.45) is 1.44. The van der Waals surface area contributed by atoms with Crippen LogP contribution in [0, 0.1) is 0 Å². The molecule has 100 valence electrons. The third-order valence-electron chi connectivity index (χ3n) is 4.02. The van der Waals surface area contributed by atoms with E-state index in [1.807, 2.05) is 7.05 Å². The molecule has 17 heavy (non-hydrogen) atoms. The summed E-state index contributed by atoms with van der Waals surface area (Å²) in [5.41, 5.74) is 0. The van der Waals surface area contributed by atoms with Gasteiger partial charge in [0.25, 0.3) is 0 Å². The minimum Gasteiger partial charge on any atom is -0.380 e. The van der Waals surface area contributed by atoms with Gasteiger partial charge in [0, 0.05) is 46.0 Å². The number of ether oxygens (including phenoxy) is 3. The molecule has 4 atom stereocenters. The summed E-state index contributed by atoms with van der Waals surface area (Å²) in [5, 5.41) is 3.39. The van der Waals surface area contributed by atoms with Gasteiger partial charge in [-0.05, 0) is 13.5 Å². The van der Waals surface area contributed by atoms with Crippen molar-refractivity contribution in [2.75, 3.05) is 47.6 Å². The molecule has 5 heteroatoms.